The van der Waals surface area contributed by atoms with Crippen LogP contribution in [0.2, 0.25) is 0 Å². The van der Waals surface area contributed by atoms with Crippen LogP contribution in [0.25, 0.3) is 0 Å². The average Bonchev–Trinajstić information content (AvgIpc) is 2.21. The Bertz CT molecular complexity index is 363. The first-order chi connectivity index (χ1) is 7.06. The number of halogens is 2. The monoisotopic (exact) mass is 271 g/mol. The maximum Gasteiger partial charge on any atom is 0.137 e. The highest BCUT2D eigenvalue weighted by atomic mass is 79.9. The molecule has 0 radical (unpaired) electrons. The molecule has 1 unspecified atom stereocenters. The van der Waals surface area contributed by atoms with Crippen molar-refractivity contribution < 1.29 is 4.39 Å². The third-order valence-corrected chi connectivity index (χ3v) is 3.23. The Labute approximate surface area is 98.3 Å². The lowest BCUT2D eigenvalue weighted by molar-refractivity contribution is 0.609. The van der Waals surface area contributed by atoms with Gasteiger partial charge < -0.3 is 5.73 Å². The van der Waals surface area contributed by atoms with Crippen molar-refractivity contribution in [3.05, 3.63) is 46.2 Å². The molecule has 1 aromatic carbocycles. The third-order valence-electron chi connectivity index (χ3n) is 2.39. The highest BCUT2D eigenvalue weighted by Crippen LogP contribution is 2.28. The van der Waals surface area contributed by atoms with Crippen molar-refractivity contribution in [2.45, 2.75) is 25.8 Å². The van der Waals surface area contributed by atoms with Crippen LogP contribution in [0.5, 0.6) is 0 Å². The second-order valence-electron chi connectivity index (χ2n) is 3.56. The largest absolute Gasteiger partial charge is 0.324 e. The number of hydrogen-bond donors (Lipinski definition) is 1. The molecule has 0 aliphatic rings. The normalized spacial score (nSPS) is 12.5. The Kier molecular flexibility index (Phi) is 4.48. The van der Waals surface area contributed by atoms with Crippen LogP contribution in [-0.2, 0) is 0 Å². The van der Waals surface area contributed by atoms with Crippen LogP contribution in [0.15, 0.2) is 34.8 Å². The molecular formula is C12H15BrFN. The Balaban J connectivity index is 2.86. The molecule has 0 aliphatic heterocycles. The quantitative estimate of drug-likeness (QED) is 0.825. The van der Waals surface area contributed by atoms with Gasteiger partial charge in [-0.05, 0) is 40.4 Å². The minimum absolute atomic E-state index is 0.192. The summed E-state index contributed by atoms with van der Waals surface area (Å²) in [4.78, 5) is 0. The maximum absolute atomic E-state index is 13.2. The zero-order chi connectivity index (χ0) is 11.4. The van der Waals surface area contributed by atoms with E-state index in [0.29, 0.717) is 10.9 Å². The molecular weight excluding hydrogens is 257 g/mol. The van der Waals surface area contributed by atoms with Gasteiger partial charge in [0.15, 0.2) is 0 Å². The lowest BCUT2D eigenvalue weighted by Gasteiger charge is -2.15. The van der Waals surface area contributed by atoms with E-state index in [-0.39, 0.29) is 11.9 Å². The van der Waals surface area contributed by atoms with E-state index >= 15 is 0 Å². The van der Waals surface area contributed by atoms with E-state index in [0.717, 1.165) is 17.6 Å². The molecule has 0 fully saturated rings. The molecule has 1 atom stereocenters. The van der Waals surface area contributed by atoms with Gasteiger partial charge in [-0.1, -0.05) is 31.2 Å². The van der Waals surface area contributed by atoms with Gasteiger partial charge in [-0.25, -0.2) is 4.39 Å². The standard InChI is InChI=1S/C12H15BrFN/c1-3-8(2)7-11(15)9-5-4-6-10(14)12(9)13/h4-6,11H,2-3,7,15H2,1H3. The van der Waals surface area contributed by atoms with Gasteiger partial charge >= 0.3 is 0 Å². The van der Waals surface area contributed by atoms with Crippen LogP contribution in [-0.4, -0.2) is 0 Å². The molecule has 1 nitrogen and oxygen atoms in total. The van der Waals surface area contributed by atoms with Crippen molar-refractivity contribution >= 4 is 15.9 Å². The molecule has 0 amide bonds. The fourth-order valence-corrected chi connectivity index (χ4v) is 1.93. The summed E-state index contributed by atoms with van der Waals surface area (Å²) in [6, 6.07) is 4.72. The number of hydrogen-bond acceptors (Lipinski definition) is 1. The zero-order valence-corrected chi connectivity index (χ0v) is 10.3. The molecule has 2 N–H and O–H groups in total. The Hall–Kier alpha value is -0.670. The molecule has 0 aromatic heterocycles. The van der Waals surface area contributed by atoms with E-state index < -0.39 is 0 Å². The molecule has 1 rings (SSSR count). The van der Waals surface area contributed by atoms with Crippen molar-refractivity contribution in [3.63, 3.8) is 0 Å². The molecule has 0 spiro atoms. The average molecular weight is 272 g/mol. The molecule has 82 valence electrons. The second-order valence-corrected chi connectivity index (χ2v) is 4.35. The zero-order valence-electron chi connectivity index (χ0n) is 8.76. The van der Waals surface area contributed by atoms with E-state index in [2.05, 4.69) is 22.5 Å². The van der Waals surface area contributed by atoms with Gasteiger partial charge in [0.05, 0.1) is 4.47 Å². The number of benzene rings is 1. The van der Waals surface area contributed by atoms with Crippen molar-refractivity contribution in [1.82, 2.24) is 0 Å². The first kappa shape index (κ1) is 12.4. The van der Waals surface area contributed by atoms with Gasteiger partial charge in [0, 0.05) is 6.04 Å². The molecule has 0 heterocycles. The van der Waals surface area contributed by atoms with E-state index in [9.17, 15) is 4.39 Å². The van der Waals surface area contributed by atoms with Crippen molar-refractivity contribution in [3.8, 4) is 0 Å². The molecule has 3 heteroatoms. The van der Waals surface area contributed by atoms with Gasteiger partial charge in [0.2, 0.25) is 0 Å². The maximum atomic E-state index is 13.2. The fraction of sp³-hybridized carbons (Fsp3) is 0.333. The smallest absolute Gasteiger partial charge is 0.137 e. The summed E-state index contributed by atoms with van der Waals surface area (Å²) >= 11 is 3.21. The summed E-state index contributed by atoms with van der Waals surface area (Å²) in [7, 11) is 0. The summed E-state index contributed by atoms with van der Waals surface area (Å²) < 4.78 is 13.7. The third kappa shape index (κ3) is 3.14. The molecule has 15 heavy (non-hydrogen) atoms. The van der Waals surface area contributed by atoms with Crippen molar-refractivity contribution in [1.29, 1.82) is 0 Å². The van der Waals surface area contributed by atoms with Crippen molar-refractivity contribution in [2.75, 3.05) is 0 Å². The van der Waals surface area contributed by atoms with Crippen molar-refractivity contribution in [2.24, 2.45) is 5.73 Å². The number of nitrogens with two attached hydrogens (primary N) is 1. The predicted molar refractivity (Wildman–Crippen MR) is 65.1 cm³/mol. The van der Waals surface area contributed by atoms with E-state index in [1.54, 1.807) is 6.07 Å². The first-order valence-electron chi connectivity index (χ1n) is 4.92. The highest BCUT2D eigenvalue weighted by Gasteiger charge is 2.12. The summed E-state index contributed by atoms with van der Waals surface area (Å²) in [5, 5.41) is 0. The van der Waals surface area contributed by atoms with Crippen LogP contribution in [0.3, 0.4) is 0 Å². The van der Waals surface area contributed by atoms with Crippen LogP contribution < -0.4 is 5.73 Å². The van der Waals surface area contributed by atoms with Gasteiger partial charge in [0.1, 0.15) is 5.82 Å². The fourth-order valence-electron chi connectivity index (χ4n) is 1.37. The van der Waals surface area contributed by atoms with Gasteiger partial charge in [-0.15, -0.1) is 0 Å². The topological polar surface area (TPSA) is 26.0 Å². The van der Waals surface area contributed by atoms with Gasteiger partial charge in [0.25, 0.3) is 0 Å². The minimum Gasteiger partial charge on any atom is -0.324 e. The summed E-state index contributed by atoms with van der Waals surface area (Å²) in [6.45, 7) is 5.94. The van der Waals surface area contributed by atoms with Crippen LogP contribution in [0, 0.1) is 5.82 Å². The summed E-state index contributed by atoms with van der Waals surface area (Å²) in [5.74, 6) is -0.273. The van der Waals surface area contributed by atoms with Crippen LogP contribution >= 0.6 is 15.9 Å². The lowest BCUT2D eigenvalue weighted by atomic mass is 9.99. The Morgan fingerprint density at radius 1 is 1.60 bits per heavy atom. The van der Waals surface area contributed by atoms with E-state index in [1.165, 1.54) is 6.07 Å². The molecule has 1 aromatic rings. The minimum atomic E-state index is -0.273. The SMILES string of the molecule is C=C(CC)CC(N)c1cccc(F)c1Br. The Morgan fingerprint density at radius 2 is 2.27 bits per heavy atom. The van der Waals surface area contributed by atoms with Crippen LogP contribution in [0.1, 0.15) is 31.4 Å². The van der Waals surface area contributed by atoms with Crippen LogP contribution in [0.4, 0.5) is 4.39 Å². The first-order valence-corrected chi connectivity index (χ1v) is 5.71. The van der Waals surface area contributed by atoms with E-state index in [4.69, 9.17) is 5.73 Å². The molecule has 0 saturated carbocycles. The Morgan fingerprint density at radius 3 is 2.87 bits per heavy atom. The molecule has 0 saturated heterocycles. The highest BCUT2D eigenvalue weighted by molar-refractivity contribution is 9.10. The van der Waals surface area contributed by atoms with Gasteiger partial charge in [-0.2, -0.15) is 0 Å². The molecule has 0 bridgehead atoms. The van der Waals surface area contributed by atoms with E-state index in [1.807, 2.05) is 13.0 Å². The lowest BCUT2D eigenvalue weighted by Crippen LogP contribution is -2.12. The predicted octanol–water partition coefficient (Wildman–Crippen LogP) is 3.94. The number of rotatable bonds is 4. The molecule has 0 aliphatic carbocycles. The van der Waals surface area contributed by atoms with Gasteiger partial charge in [-0.3, -0.25) is 0 Å². The summed E-state index contributed by atoms with van der Waals surface area (Å²) in [6.07, 6.45) is 1.60. The summed E-state index contributed by atoms with van der Waals surface area (Å²) in [5.41, 5.74) is 7.86. The second kappa shape index (κ2) is 5.42.